The summed E-state index contributed by atoms with van der Waals surface area (Å²) in [5.41, 5.74) is 1.88. The fraction of sp³-hybridized carbons (Fsp3) is 0.118. The topological polar surface area (TPSA) is 64.0 Å². The lowest BCUT2D eigenvalue weighted by Gasteiger charge is -2.09. The summed E-state index contributed by atoms with van der Waals surface area (Å²) in [6.07, 6.45) is 1.39. The van der Waals surface area contributed by atoms with Crippen molar-refractivity contribution in [2.24, 2.45) is 0 Å². The Balaban J connectivity index is 1.81. The van der Waals surface area contributed by atoms with Gasteiger partial charge in [-0.3, -0.25) is 14.2 Å². The first-order valence-corrected chi connectivity index (χ1v) is 7.42. The van der Waals surface area contributed by atoms with Gasteiger partial charge in [0.25, 0.3) is 5.56 Å². The molecule has 3 aromatic rings. The van der Waals surface area contributed by atoms with Gasteiger partial charge in [0.1, 0.15) is 6.54 Å². The largest absolute Gasteiger partial charge is 0.325 e. The number of hydrogen-bond donors (Lipinski definition) is 1. The fourth-order valence-electron chi connectivity index (χ4n) is 2.30. The molecule has 1 heterocycles. The minimum atomic E-state index is -0.300. The Morgan fingerprint density at radius 2 is 2.04 bits per heavy atom. The summed E-state index contributed by atoms with van der Waals surface area (Å²) < 4.78 is 1.29. The van der Waals surface area contributed by atoms with Crippen LogP contribution in [-0.2, 0) is 11.3 Å². The zero-order valence-electron chi connectivity index (χ0n) is 12.4. The third kappa shape index (κ3) is 3.24. The fourth-order valence-corrected chi connectivity index (χ4v) is 2.41. The maximum Gasteiger partial charge on any atom is 0.261 e. The number of aryl methyl sites for hydroxylation is 1. The molecule has 23 heavy (non-hydrogen) atoms. The molecule has 0 bridgehead atoms. The standard InChI is InChI=1S/C17H14ClN3O2/c1-11-8-12(6-7-14(11)18)20-16(22)9-21-10-19-15-5-3-2-4-13(15)17(21)23/h2-8,10H,9H2,1H3,(H,20,22). The summed E-state index contributed by atoms with van der Waals surface area (Å²) in [6.45, 7) is 1.76. The van der Waals surface area contributed by atoms with Crippen LogP contribution in [0.15, 0.2) is 53.6 Å². The lowest BCUT2D eigenvalue weighted by atomic mass is 10.2. The number of carbonyl (C=O) groups is 1. The van der Waals surface area contributed by atoms with Crippen molar-refractivity contribution in [2.45, 2.75) is 13.5 Å². The van der Waals surface area contributed by atoms with E-state index in [0.717, 1.165) is 5.56 Å². The molecule has 3 rings (SSSR count). The highest BCUT2D eigenvalue weighted by atomic mass is 35.5. The molecule has 1 aromatic heterocycles. The summed E-state index contributed by atoms with van der Waals surface area (Å²) >= 11 is 5.96. The number of aromatic nitrogens is 2. The number of fused-ring (bicyclic) bond motifs is 1. The zero-order chi connectivity index (χ0) is 16.4. The van der Waals surface area contributed by atoms with E-state index < -0.39 is 0 Å². The van der Waals surface area contributed by atoms with E-state index in [0.29, 0.717) is 21.6 Å². The third-order valence-electron chi connectivity index (χ3n) is 3.49. The predicted octanol–water partition coefficient (Wildman–Crippen LogP) is 3.00. The molecule has 1 N–H and O–H groups in total. The Hall–Kier alpha value is -2.66. The van der Waals surface area contributed by atoms with Crippen molar-refractivity contribution in [2.75, 3.05) is 5.32 Å². The van der Waals surface area contributed by atoms with Gasteiger partial charge < -0.3 is 5.32 Å². The van der Waals surface area contributed by atoms with Crippen LogP contribution >= 0.6 is 11.6 Å². The number of nitrogens with zero attached hydrogens (tertiary/aromatic N) is 2. The van der Waals surface area contributed by atoms with Gasteiger partial charge in [-0.15, -0.1) is 0 Å². The van der Waals surface area contributed by atoms with Gasteiger partial charge in [0, 0.05) is 10.7 Å². The van der Waals surface area contributed by atoms with E-state index >= 15 is 0 Å². The van der Waals surface area contributed by atoms with Crippen molar-refractivity contribution in [3.05, 3.63) is 69.7 Å². The van der Waals surface area contributed by atoms with E-state index in [1.54, 1.807) is 36.4 Å². The van der Waals surface area contributed by atoms with Gasteiger partial charge >= 0.3 is 0 Å². The van der Waals surface area contributed by atoms with Crippen LogP contribution < -0.4 is 10.9 Å². The summed E-state index contributed by atoms with van der Waals surface area (Å²) in [7, 11) is 0. The molecule has 0 atom stereocenters. The second-order valence-corrected chi connectivity index (χ2v) is 5.61. The van der Waals surface area contributed by atoms with Gasteiger partial charge in [-0.2, -0.15) is 0 Å². The number of halogens is 1. The number of carbonyl (C=O) groups excluding carboxylic acids is 1. The first-order chi connectivity index (χ1) is 11.0. The van der Waals surface area contributed by atoms with E-state index in [-0.39, 0.29) is 18.0 Å². The number of anilines is 1. The van der Waals surface area contributed by atoms with Gasteiger partial charge in [-0.1, -0.05) is 23.7 Å². The lowest BCUT2D eigenvalue weighted by molar-refractivity contribution is -0.116. The van der Waals surface area contributed by atoms with E-state index in [9.17, 15) is 9.59 Å². The average Bonchev–Trinajstić information content (AvgIpc) is 2.54. The molecule has 116 valence electrons. The normalized spacial score (nSPS) is 10.7. The van der Waals surface area contributed by atoms with Crippen LogP contribution in [0.25, 0.3) is 10.9 Å². The monoisotopic (exact) mass is 327 g/mol. The molecule has 0 aliphatic rings. The Kier molecular flexibility index (Phi) is 4.12. The quantitative estimate of drug-likeness (QED) is 0.804. The predicted molar refractivity (Wildman–Crippen MR) is 90.8 cm³/mol. The highest BCUT2D eigenvalue weighted by Crippen LogP contribution is 2.19. The molecule has 0 aliphatic heterocycles. The highest BCUT2D eigenvalue weighted by Gasteiger charge is 2.08. The van der Waals surface area contributed by atoms with Crippen LogP contribution in [0, 0.1) is 6.92 Å². The zero-order valence-corrected chi connectivity index (χ0v) is 13.2. The Bertz CT molecular complexity index is 950. The van der Waals surface area contributed by atoms with Crippen molar-refractivity contribution in [3.63, 3.8) is 0 Å². The smallest absolute Gasteiger partial charge is 0.261 e. The highest BCUT2D eigenvalue weighted by molar-refractivity contribution is 6.31. The van der Waals surface area contributed by atoms with E-state index in [2.05, 4.69) is 10.3 Å². The van der Waals surface area contributed by atoms with Crippen molar-refractivity contribution >= 4 is 34.1 Å². The van der Waals surface area contributed by atoms with Crippen LogP contribution in [-0.4, -0.2) is 15.5 Å². The summed E-state index contributed by atoms with van der Waals surface area (Å²) in [5, 5.41) is 3.88. The van der Waals surface area contributed by atoms with Crippen LogP contribution in [0.2, 0.25) is 5.02 Å². The number of para-hydroxylation sites is 1. The number of hydrogen-bond acceptors (Lipinski definition) is 3. The third-order valence-corrected chi connectivity index (χ3v) is 3.91. The minimum Gasteiger partial charge on any atom is -0.325 e. The second kappa shape index (κ2) is 6.22. The van der Waals surface area contributed by atoms with Gasteiger partial charge in [0.05, 0.1) is 17.2 Å². The number of amides is 1. The molecule has 0 unspecified atom stereocenters. The molecule has 2 aromatic carbocycles. The molecular weight excluding hydrogens is 314 g/mol. The van der Waals surface area contributed by atoms with Crippen molar-refractivity contribution in [1.29, 1.82) is 0 Å². The van der Waals surface area contributed by atoms with Gasteiger partial charge in [0.2, 0.25) is 5.91 Å². The number of benzene rings is 2. The van der Waals surface area contributed by atoms with Crippen LogP contribution in [0.4, 0.5) is 5.69 Å². The van der Waals surface area contributed by atoms with E-state index in [1.165, 1.54) is 10.9 Å². The van der Waals surface area contributed by atoms with E-state index in [1.807, 2.05) is 13.0 Å². The first kappa shape index (κ1) is 15.2. The number of rotatable bonds is 3. The van der Waals surface area contributed by atoms with E-state index in [4.69, 9.17) is 11.6 Å². The molecule has 0 saturated heterocycles. The van der Waals surface area contributed by atoms with Gasteiger partial charge in [-0.25, -0.2) is 4.98 Å². The maximum absolute atomic E-state index is 12.3. The summed E-state index contributed by atoms with van der Waals surface area (Å²) in [5.74, 6) is -0.300. The maximum atomic E-state index is 12.3. The summed E-state index contributed by atoms with van der Waals surface area (Å²) in [6, 6.07) is 12.3. The van der Waals surface area contributed by atoms with Crippen molar-refractivity contribution < 1.29 is 4.79 Å². The lowest BCUT2D eigenvalue weighted by Crippen LogP contribution is -2.27. The average molecular weight is 328 g/mol. The van der Waals surface area contributed by atoms with Gasteiger partial charge in [0.15, 0.2) is 0 Å². The van der Waals surface area contributed by atoms with Crippen LogP contribution in [0.3, 0.4) is 0 Å². The molecule has 0 radical (unpaired) electrons. The van der Waals surface area contributed by atoms with Crippen molar-refractivity contribution in [1.82, 2.24) is 9.55 Å². The minimum absolute atomic E-state index is 0.0989. The molecular formula is C17H14ClN3O2. The second-order valence-electron chi connectivity index (χ2n) is 5.21. The van der Waals surface area contributed by atoms with Crippen LogP contribution in [0.1, 0.15) is 5.56 Å². The molecule has 6 heteroatoms. The molecule has 0 saturated carbocycles. The Morgan fingerprint density at radius 3 is 2.83 bits per heavy atom. The van der Waals surface area contributed by atoms with Crippen molar-refractivity contribution in [3.8, 4) is 0 Å². The molecule has 0 spiro atoms. The Morgan fingerprint density at radius 1 is 1.26 bits per heavy atom. The molecule has 5 nitrogen and oxygen atoms in total. The first-order valence-electron chi connectivity index (χ1n) is 7.05. The Labute approximate surface area is 137 Å². The molecule has 0 fully saturated rings. The molecule has 0 aliphatic carbocycles. The SMILES string of the molecule is Cc1cc(NC(=O)Cn2cnc3ccccc3c2=O)ccc1Cl. The molecule has 1 amide bonds. The van der Waals surface area contributed by atoms with Crippen LogP contribution in [0.5, 0.6) is 0 Å². The van der Waals surface area contributed by atoms with Gasteiger partial charge in [-0.05, 0) is 42.8 Å². The summed E-state index contributed by atoms with van der Waals surface area (Å²) in [4.78, 5) is 28.7. The number of nitrogens with one attached hydrogen (secondary N) is 1.